The van der Waals surface area contributed by atoms with Crippen LogP contribution >= 0.6 is 0 Å². The number of aryl methyl sites for hydroxylation is 1. The number of hydrogen-bond acceptors (Lipinski definition) is 2. The molecule has 1 aliphatic heterocycles. The number of aromatic carboxylic acids is 1. The van der Waals surface area contributed by atoms with E-state index in [1.807, 2.05) is 37.3 Å². The molecule has 1 N–H and O–H groups in total. The lowest BCUT2D eigenvalue weighted by Crippen LogP contribution is -2.00. The molecule has 0 amide bonds. The Bertz CT molecular complexity index is 659. The quantitative estimate of drug-likeness (QED) is 0.894. The fraction of sp³-hybridized carbons (Fsp3) is 0.188. The van der Waals surface area contributed by atoms with Crippen molar-refractivity contribution < 1.29 is 14.6 Å². The summed E-state index contributed by atoms with van der Waals surface area (Å²) in [5.41, 5.74) is 4.13. The highest BCUT2D eigenvalue weighted by Gasteiger charge is 2.16. The molecule has 2 aromatic rings. The van der Waals surface area contributed by atoms with Crippen molar-refractivity contribution in [1.82, 2.24) is 0 Å². The number of rotatable bonds is 2. The zero-order valence-corrected chi connectivity index (χ0v) is 10.6. The minimum Gasteiger partial charge on any atom is -0.493 e. The number of carboxylic acids is 1. The van der Waals surface area contributed by atoms with E-state index in [1.165, 1.54) is 0 Å². The minimum atomic E-state index is -0.893. The fourth-order valence-electron chi connectivity index (χ4n) is 2.44. The summed E-state index contributed by atoms with van der Waals surface area (Å²) in [7, 11) is 0. The Morgan fingerprint density at radius 3 is 2.84 bits per heavy atom. The van der Waals surface area contributed by atoms with Crippen LogP contribution in [-0.2, 0) is 6.42 Å². The molecule has 19 heavy (non-hydrogen) atoms. The van der Waals surface area contributed by atoms with Crippen molar-refractivity contribution >= 4 is 5.97 Å². The summed E-state index contributed by atoms with van der Waals surface area (Å²) < 4.78 is 5.47. The van der Waals surface area contributed by atoms with E-state index in [-0.39, 0.29) is 0 Å². The van der Waals surface area contributed by atoms with Gasteiger partial charge in [0.05, 0.1) is 12.2 Å². The summed E-state index contributed by atoms with van der Waals surface area (Å²) >= 11 is 0. The third kappa shape index (κ3) is 2.08. The average Bonchev–Trinajstić information content (AvgIpc) is 2.85. The standard InChI is InChI=1S/C16H14O3/c1-10-2-4-13(14(8-10)16(17)18)11-3-5-15-12(9-11)6-7-19-15/h2-5,8-9H,6-7H2,1H3,(H,17,18). The van der Waals surface area contributed by atoms with E-state index < -0.39 is 5.97 Å². The molecule has 0 saturated heterocycles. The molecule has 0 aliphatic carbocycles. The van der Waals surface area contributed by atoms with Crippen molar-refractivity contribution in [3.05, 3.63) is 53.1 Å². The summed E-state index contributed by atoms with van der Waals surface area (Å²) in [4.78, 5) is 11.4. The lowest BCUT2D eigenvalue weighted by atomic mass is 9.96. The fourth-order valence-corrected chi connectivity index (χ4v) is 2.44. The van der Waals surface area contributed by atoms with Crippen LogP contribution in [0, 0.1) is 6.92 Å². The minimum absolute atomic E-state index is 0.346. The first kappa shape index (κ1) is 11.8. The Hall–Kier alpha value is -2.29. The van der Waals surface area contributed by atoms with Crippen LogP contribution in [0.15, 0.2) is 36.4 Å². The van der Waals surface area contributed by atoms with Crippen molar-refractivity contribution in [2.75, 3.05) is 6.61 Å². The maximum atomic E-state index is 11.4. The van der Waals surface area contributed by atoms with E-state index in [0.717, 1.165) is 34.4 Å². The molecule has 0 bridgehead atoms. The summed E-state index contributed by atoms with van der Waals surface area (Å²) in [6, 6.07) is 11.4. The van der Waals surface area contributed by atoms with Crippen LogP contribution in [0.2, 0.25) is 0 Å². The third-order valence-corrected chi connectivity index (χ3v) is 3.41. The number of carbonyl (C=O) groups is 1. The van der Waals surface area contributed by atoms with Crippen LogP contribution in [0.5, 0.6) is 5.75 Å². The van der Waals surface area contributed by atoms with Crippen molar-refractivity contribution in [1.29, 1.82) is 0 Å². The third-order valence-electron chi connectivity index (χ3n) is 3.41. The van der Waals surface area contributed by atoms with Crippen LogP contribution in [0.4, 0.5) is 0 Å². The summed E-state index contributed by atoms with van der Waals surface area (Å²) in [6.45, 7) is 2.60. The second-order valence-corrected chi connectivity index (χ2v) is 4.78. The zero-order valence-electron chi connectivity index (χ0n) is 10.6. The lowest BCUT2D eigenvalue weighted by Gasteiger charge is -2.09. The topological polar surface area (TPSA) is 46.5 Å². The molecule has 96 valence electrons. The Labute approximate surface area is 111 Å². The zero-order chi connectivity index (χ0) is 13.4. The number of ether oxygens (including phenoxy) is 1. The second kappa shape index (κ2) is 4.43. The van der Waals surface area contributed by atoms with E-state index in [1.54, 1.807) is 6.07 Å². The van der Waals surface area contributed by atoms with Gasteiger partial charge in [-0.15, -0.1) is 0 Å². The monoisotopic (exact) mass is 254 g/mol. The van der Waals surface area contributed by atoms with Gasteiger partial charge < -0.3 is 9.84 Å². The lowest BCUT2D eigenvalue weighted by molar-refractivity contribution is 0.0697. The molecule has 0 fully saturated rings. The second-order valence-electron chi connectivity index (χ2n) is 4.78. The van der Waals surface area contributed by atoms with Gasteiger partial charge in [-0.3, -0.25) is 0 Å². The molecule has 3 heteroatoms. The van der Waals surface area contributed by atoms with E-state index in [2.05, 4.69) is 0 Å². The van der Waals surface area contributed by atoms with Gasteiger partial charge in [-0.25, -0.2) is 4.79 Å². The molecule has 0 radical (unpaired) electrons. The van der Waals surface area contributed by atoms with Crippen molar-refractivity contribution in [2.45, 2.75) is 13.3 Å². The smallest absolute Gasteiger partial charge is 0.336 e. The van der Waals surface area contributed by atoms with Crippen LogP contribution in [0.25, 0.3) is 11.1 Å². The normalized spacial score (nSPS) is 12.9. The Morgan fingerprint density at radius 1 is 1.21 bits per heavy atom. The van der Waals surface area contributed by atoms with Crippen molar-refractivity contribution in [3.8, 4) is 16.9 Å². The molecule has 3 nitrogen and oxygen atoms in total. The molecule has 0 atom stereocenters. The van der Waals surface area contributed by atoms with Gasteiger partial charge in [0.2, 0.25) is 0 Å². The maximum absolute atomic E-state index is 11.4. The Balaban J connectivity index is 2.14. The first-order chi connectivity index (χ1) is 9.15. The maximum Gasteiger partial charge on any atom is 0.336 e. The van der Waals surface area contributed by atoms with Gasteiger partial charge >= 0.3 is 5.97 Å². The molecule has 0 unspecified atom stereocenters. The van der Waals surface area contributed by atoms with E-state index in [9.17, 15) is 9.90 Å². The van der Waals surface area contributed by atoms with E-state index in [0.29, 0.717) is 12.2 Å². The van der Waals surface area contributed by atoms with Crippen molar-refractivity contribution in [3.63, 3.8) is 0 Å². The van der Waals surface area contributed by atoms with Crippen LogP contribution in [0.1, 0.15) is 21.5 Å². The van der Waals surface area contributed by atoms with E-state index >= 15 is 0 Å². The number of fused-ring (bicyclic) bond motifs is 1. The van der Waals surface area contributed by atoms with Gasteiger partial charge in [0.25, 0.3) is 0 Å². The molecule has 0 saturated carbocycles. The molecule has 2 aromatic carbocycles. The molecule has 0 spiro atoms. The van der Waals surface area contributed by atoms with Crippen LogP contribution < -0.4 is 4.74 Å². The molecule has 3 rings (SSSR count). The highest BCUT2D eigenvalue weighted by atomic mass is 16.5. The predicted octanol–water partition coefficient (Wildman–Crippen LogP) is 3.30. The van der Waals surface area contributed by atoms with E-state index in [4.69, 9.17) is 4.74 Å². The average molecular weight is 254 g/mol. The van der Waals surface area contributed by atoms with Crippen molar-refractivity contribution in [2.24, 2.45) is 0 Å². The molecule has 1 aliphatic rings. The summed E-state index contributed by atoms with van der Waals surface area (Å²) in [5, 5.41) is 9.32. The number of carboxylic acid groups (broad SMARTS) is 1. The largest absolute Gasteiger partial charge is 0.493 e. The van der Waals surface area contributed by atoms with Crippen LogP contribution in [0.3, 0.4) is 0 Å². The molecule has 1 heterocycles. The Kier molecular flexibility index (Phi) is 2.75. The molecule has 0 aromatic heterocycles. The highest BCUT2D eigenvalue weighted by molar-refractivity contribution is 5.96. The Morgan fingerprint density at radius 2 is 2.05 bits per heavy atom. The number of hydrogen-bond donors (Lipinski definition) is 1. The predicted molar refractivity (Wildman–Crippen MR) is 72.8 cm³/mol. The first-order valence-electron chi connectivity index (χ1n) is 6.25. The van der Waals surface area contributed by atoms with Crippen LogP contribution in [-0.4, -0.2) is 17.7 Å². The van der Waals surface area contributed by atoms with Gasteiger partial charge in [-0.1, -0.05) is 23.8 Å². The SMILES string of the molecule is Cc1ccc(-c2ccc3c(c2)CCO3)c(C(=O)O)c1. The highest BCUT2D eigenvalue weighted by Crippen LogP contribution is 2.32. The van der Waals surface area contributed by atoms with Gasteiger partial charge in [-0.05, 0) is 41.8 Å². The van der Waals surface area contributed by atoms with Gasteiger partial charge in [0, 0.05) is 6.42 Å². The molecular weight excluding hydrogens is 240 g/mol. The summed E-state index contributed by atoms with van der Waals surface area (Å²) in [6.07, 6.45) is 0.886. The molecular formula is C16H14O3. The summed E-state index contributed by atoms with van der Waals surface area (Å²) in [5.74, 6) is 0.0168. The number of benzene rings is 2. The van der Waals surface area contributed by atoms with Gasteiger partial charge in [0.15, 0.2) is 0 Å². The van der Waals surface area contributed by atoms with Gasteiger partial charge in [0.1, 0.15) is 5.75 Å². The first-order valence-corrected chi connectivity index (χ1v) is 6.25. The van der Waals surface area contributed by atoms with Gasteiger partial charge in [-0.2, -0.15) is 0 Å².